The molecule has 0 unspecified atom stereocenters. The Morgan fingerprint density at radius 3 is 2.78 bits per heavy atom. The van der Waals surface area contributed by atoms with Crippen molar-refractivity contribution >= 4 is 22.9 Å². The van der Waals surface area contributed by atoms with Crippen LogP contribution in [0, 0.1) is 5.82 Å². The summed E-state index contributed by atoms with van der Waals surface area (Å²) in [6.07, 6.45) is 2.42. The maximum absolute atomic E-state index is 13.7. The predicted molar refractivity (Wildman–Crippen MR) is 74.6 cm³/mol. The summed E-state index contributed by atoms with van der Waals surface area (Å²) >= 11 is 7.44. The lowest BCUT2D eigenvalue weighted by molar-refractivity contribution is 0.587. The zero-order valence-electron chi connectivity index (χ0n) is 9.75. The minimum atomic E-state index is -0.144. The van der Waals surface area contributed by atoms with Gasteiger partial charge in [0.05, 0.1) is 4.34 Å². The SMILES string of the molecule is Fc1ccc(-c2ccc(Cl)s2)cc1CNC1CC1. The molecule has 3 rings (SSSR count). The second-order valence-corrected chi connectivity index (χ2v) is 6.28. The Labute approximate surface area is 115 Å². The third kappa shape index (κ3) is 2.74. The molecule has 0 radical (unpaired) electrons. The molecule has 94 valence electrons. The number of hydrogen-bond acceptors (Lipinski definition) is 2. The lowest BCUT2D eigenvalue weighted by Crippen LogP contribution is -2.16. The molecule has 0 aliphatic heterocycles. The van der Waals surface area contributed by atoms with Crippen LogP contribution in [0.1, 0.15) is 18.4 Å². The molecule has 1 saturated carbocycles. The zero-order chi connectivity index (χ0) is 12.5. The molecule has 4 heteroatoms. The van der Waals surface area contributed by atoms with Gasteiger partial charge in [0, 0.05) is 23.0 Å². The van der Waals surface area contributed by atoms with Crippen LogP contribution < -0.4 is 5.32 Å². The van der Waals surface area contributed by atoms with Gasteiger partial charge in [-0.05, 0) is 42.7 Å². The normalized spacial score (nSPS) is 15.0. The average Bonchev–Trinajstić information content (AvgIpc) is 3.09. The summed E-state index contributed by atoms with van der Waals surface area (Å²) in [5, 5.41) is 3.33. The molecule has 0 atom stereocenters. The highest BCUT2D eigenvalue weighted by Gasteiger charge is 2.20. The highest BCUT2D eigenvalue weighted by molar-refractivity contribution is 7.19. The molecular formula is C14H13ClFNS. The Kier molecular flexibility index (Phi) is 3.37. The van der Waals surface area contributed by atoms with Gasteiger partial charge in [-0.15, -0.1) is 11.3 Å². The number of benzene rings is 1. The molecular weight excluding hydrogens is 269 g/mol. The Balaban J connectivity index is 1.84. The lowest BCUT2D eigenvalue weighted by atomic mass is 10.1. The third-order valence-corrected chi connectivity index (χ3v) is 4.34. The number of thiophene rings is 1. The van der Waals surface area contributed by atoms with Crippen LogP contribution in [-0.2, 0) is 6.54 Å². The van der Waals surface area contributed by atoms with E-state index >= 15 is 0 Å². The molecule has 1 N–H and O–H groups in total. The molecule has 0 amide bonds. The van der Waals surface area contributed by atoms with Gasteiger partial charge in [0.15, 0.2) is 0 Å². The maximum atomic E-state index is 13.7. The molecule has 1 fully saturated rings. The highest BCUT2D eigenvalue weighted by Crippen LogP contribution is 2.32. The Morgan fingerprint density at radius 1 is 1.28 bits per heavy atom. The molecule has 1 aliphatic carbocycles. The summed E-state index contributed by atoms with van der Waals surface area (Å²) in [4.78, 5) is 1.08. The van der Waals surface area contributed by atoms with Crippen LogP contribution in [0.2, 0.25) is 4.34 Å². The van der Waals surface area contributed by atoms with Gasteiger partial charge in [-0.1, -0.05) is 17.7 Å². The predicted octanol–water partition coefficient (Wildman–Crippen LogP) is 4.46. The zero-order valence-corrected chi connectivity index (χ0v) is 11.3. The first-order valence-corrected chi connectivity index (χ1v) is 7.19. The first-order valence-electron chi connectivity index (χ1n) is 6.00. The quantitative estimate of drug-likeness (QED) is 0.872. The third-order valence-electron chi connectivity index (χ3n) is 3.06. The second-order valence-electron chi connectivity index (χ2n) is 4.57. The largest absolute Gasteiger partial charge is 0.310 e. The van der Waals surface area contributed by atoms with Crippen molar-refractivity contribution in [3.05, 3.63) is 46.0 Å². The molecule has 1 aromatic carbocycles. The van der Waals surface area contributed by atoms with Crippen LogP contribution in [0.15, 0.2) is 30.3 Å². The molecule has 1 heterocycles. The number of halogens is 2. The van der Waals surface area contributed by atoms with Crippen LogP contribution in [0.3, 0.4) is 0 Å². The van der Waals surface area contributed by atoms with E-state index in [4.69, 9.17) is 11.6 Å². The highest BCUT2D eigenvalue weighted by atomic mass is 35.5. The van der Waals surface area contributed by atoms with Gasteiger partial charge in [0.1, 0.15) is 5.82 Å². The van der Waals surface area contributed by atoms with E-state index in [1.165, 1.54) is 30.2 Å². The van der Waals surface area contributed by atoms with Crippen molar-refractivity contribution in [2.24, 2.45) is 0 Å². The summed E-state index contributed by atoms with van der Waals surface area (Å²) in [5.74, 6) is -0.144. The Hall–Kier alpha value is -0.900. The van der Waals surface area contributed by atoms with Crippen molar-refractivity contribution in [2.75, 3.05) is 0 Å². The molecule has 0 spiro atoms. The van der Waals surface area contributed by atoms with Crippen molar-refractivity contribution in [3.8, 4) is 10.4 Å². The fraction of sp³-hybridized carbons (Fsp3) is 0.286. The first kappa shape index (κ1) is 12.2. The molecule has 0 saturated heterocycles. The summed E-state index contributed by atoms with van der Waals surface area (Å²) in [5.41, 5.74) is 1.75. The summed E-state index contributed by atoms with van der Waals surface area (Å²) in [6, 6.07) is 9.67. The van der Waals surface area contributed by atoms with E-state index in [0.29, 0.717) is 12.6 Å². The number of rotatable bonds is 4. The minimum absolute atomic E-state index is 0.144. The van der Waals surface area contributed by atoms with Gasteiger partial charge in [0.2, 0.25) is 0 Å². The van der Waals surface area contributed by atoms with Crippen molar-refractivity contribution < 1.29 is 4.39 Å². The average molecular weight is 282 g/mol. The number of nitrogens with one attached hydrogen (secondary N) is 1. The van der Waals surface area contributed by atoms with E-state index < -0.39 is 0 Å². The van der Waals surface area contributed by atoms with Crippen LogP contribution in [0.5, 0.6) is 0 Å². The standard InChI is InChI=1S/C14H13ClFNS/c15-14-6-5-13(18-14)9-1-4-12(16)10(7-9)8-17-11-2-3-11/h1,4-7,11,17H,2-3,8H2. The first-order chi connectivity index (χ1) is 8.72. The van der Waals surface area contributed by atoms with Gasteiger partial charge >= 0.3 is 0 Å². The molecule has 1 nitrogen and oxygen atoms in total. The van der Waals surface area contributed by atoms with Gasteiger partial charge < -0.3 is 5.32 Å². The Morgan fingerprint density at radius 2 is 2.11 bits per heavy atom. The molecule has 2 aromatic rings. The summed E-state index contributed by atoms with van der Waals surface area (Å²) in [7, 11) is 0. The van der Waals surface area contributed by atoms with Crippen molar-refractivity contribution in [1.29, 1.82) is 0 Å². The van der Waals surface area contributed by atoms with E-state index in [9.17, 15) is 4.39 Å². The molecule has 1 aromatic heterocycles. The van der Waals surface area contributed by atoms with Gasteiger partial charge in [-0.3, -0.25) is 0 Å². The van der Waals surface area contributed by atoms with E-state index in [0.717, 1.165) is 20.3 Å². The van der Waals surface area contributed by atoms with Crippen LogP contribution in [-0.4, -0.2) is 6.04 Å². The van der Waals surface area contributed by atoms with Gasteiger partial charge in [-0.2, -0.15) is 0 Å². The Bertz CT molecular complexity index is 563. The molecule has 1 aliphatic rings. The second kappa shape index (κ2) is 5.00. The van der Waals surface area contributed by atoms with Crippen molar-refractivity contribution in [1.82, 2.24) is 5.32 Å². The number of hydrogen-bond donors (Lipinski definition) is 1. The van der Waals surface area contributed by atoms with Crippen LogP contribution >= 0.6 is 22.9 Å². The monoisotopic (exact) mass is 281 g/mol. The topological polar surface area (TPSA) is 12.0 Å². The molecule has 18 heavy (non-hydrogen) atoms. The van der Waals surface area contributed by atoms with Gasteiger partial charge in [-0.25, -0.2) is 4.39 Å². The summed E-state index contributed by atoms with van der Waals surface area (Å²) in [6.45, 7) is 0.601. The molecule has 0 bridgehead atoms. The van der Waals surface area contributed by atoms with Crippen LogP contribution in [0.4, 0.5) is 4.39 Å². The van der Waals surface area contributed by atoms with E-state index in [1.54, 1.807) is 6.07 Å². The van der Waals surface area contributed by atoms with Crippen molar-refractivity contribution in [2.45, 2.75) is 25.4 Å². The van der Waals surface area contributed by atoms with Crippen molar-refractivity contribution in [3.63, 3.8) is 0 Å². The maximum Gasteiger partial charge on any atom is 0.127 e. The lowest BCUT2D eigenvalue weighted by Gasteiger charge is -2.07. The smallest absolute Gasteiger partial charge is 0.127 e. The fourth-order valence-electron chi connectivity index (χ4n) is 1.87. The van der Waals surface area contributed by atoms with Gasteiger partial charge in [0.25, 0.3) is 0 Å². The van der Waals surface area contributed by atoms with E-state index in [1.807, 2.05) is 18.2 Å². The van der Waals surface area contributed by atoms with E-state index in [2.05, 4.69) is 5.32 Å². The van der Waals surface area contributed by atoms with Crippen LogP contribution in [0.25, 0.3) is 10.4 Å². The van der Waals surface area contributed by atoms with E-state index in [-0.39, 0.29) is 5.82 Å². The minimum Gasteiger partial charge on any atom is -0.310 e. The fourth-order valence-corrected chi connectivity index (χ4v) is 2.91. The summed E-state index contributed by atoms with van der Waals surface area (Å²) < 4.78 is 14.5.